The van der Waals surface area contributed by atoms with Crippen molar-refractivity contribution in [1.82, 2.24) is 0 Å². The molecule has 0 saturated carbocycles. The van der Waals surface area contributed by atoms with Gasteiger partial charge in [0.2, 0.25) is 0 Å². The predicted molar refractivity (Wildman–Crippen MR) is 60.0 cm³/mol. The first-order valence-electron chi connectivity index (χ1n) is 6.89. The first kappa shape index (κ1) is 4.83. The molecule has 1 nitrogen and oxygen atoms in total. The molecule has 0 aliphatic carbocycles. The van der Waals surface area contributed by atoms with Crippen molar-refractivity contribution in [2.75, 3.05) is 7.04 Å². The van der Waals surface area contributed by atoms with Crippen molar-refractivity contribution in [3.63, 3.8) is 0 Å². The lowest BCUT2D eigenvalue weighted by Crippen LogP contribution is -1.85. The molecule has 2 aromatic rings. The van der Waals surface area contributed by atoms with Gasteiger partial charge in [0, 0.05) is 0 Å². The van der Waals surface area contributed by atoms with Gasteiger partial charge in [-0.2, -0.15) is 0 Å². The second kappa shape index (κ2) is 3.33. The maximum absolute atomic E-state index is 8.02. The Kier molecular flexibility index (Phi) is 1.15. The highest BCUT2D eigenvalue weighted by molar-refractivity contribution is 5.85. The molecule has 0 aromatic heterocycles. The lowest BCUT2D eigenvalue weighted by atomic mass is 10.0. The molecule has 0 saturated heterocycles. The molecule has 0 bridgehead atoms. The number of methoxy groups -OCH3 is 1. The van der Waals surface area contributed by atoms with Crippen LogP contribution >= 0.6 is 0 Å². The monoisotopic (exact) mass is 191 g/mol. The van der Waals surface area contributed by atoms with E-state index in [4.69, 9.17) is 11.6 Å². The van der Waals surface area contributed by atoms with Crippen molar-refractivity contribution in [3.05, 3.63) is 41.4 Å². The van der Waals surface area contributed by atoms with Crippen molar-refractivity contribution in [1.29, 1.82) is 0 Å². The fourth-order valence-electron chi connectivity index (χ4n) is 1.41. The van der Waals surface area contributed by atoms with Crippen LogP contribution in [0.3, 0.4) is 0 Å². The molecule has 0 aliphatic heterocycles. The number of aryl methyl sites for hydroxylation is 2. The first-order valence-corrected chi connectivity index (χ1v) is 4.39. The molecule has 0 atom stereocenters. The summed E-state index contributed by atoms with van der Waals surface area (Å²) in [5.74, 6) is -0.0826. The minimum atomic E-state index is -2.62. The molecule has 0 aliphatic rings. The second-order valence-corrected chi connectivity index (χ2v) is 3.36. The molecule has 0 radical (unpaired) electrons. The van der Waals surface area contributed by atoms with E-state index in [1.165, 1.54) is 6.07 Å². The Morgan fingerprint density at radius 2 is 1.93 bits per heavy atom. The summed E-state index contributed by atoms with van der Waals surface area (Å²) in [7, 11) is -2.62. The largest absolute Gasteiger partial charge is 0.497 e. The SMILES string of the molecule is [2H]c1cc(OC([2H])([2H])[2H])c([2H])c2cc(C)c(C)cc12. The molecule has 0 unspecified atom stereocenters. The van der Waals surface area contributed by atoms with Gasteiger partial charge in [-0.05, 0) is 47.9 Å². The zero-order valence-corrected chi connectivity index (χ0v) is 8.14. The van der Waals surface area contributed by atoms with E-state index in [1.54, 1.807) is 6.07 Å². The molecule has 14 heavy (non-hydrogen) atoms. The van der Waals surface area contributed by atoms with Gasteiger partial charge in [-0.25, -0.2) is 0 Å². The molecule has 0 fully saturated rings. The van der Waals surface area contributed by atoms with Crippen LogP contribution in [0.1, 0.15) is 18.0 Å². The van der Waals surface area contributed by atoms with Crippen LogP contribution in [0, 0.1) is 13.8 Å². The zero-order chi connectivity index (χ0) is 14.4. The summed E-state index contributed by atoms with van der Waals surface area (Å²) in [5.41, 5.74) is 2.02. The van der Waals surface area contributed by atoms with Crippen LogP contribution < -0.4 is 4.74 Å². The molecule has 0 amide bonds. The third-order valence-electron chi connectivity index (χ3n) is 2.36. The molecule has 2 rings (SSSR count). The third-order valence-corrected chi connectivity index (χ3v) is 2.36. The summed E-state index contributed by atoms with van der Waals surface area (Å²) in [6.45, 7) is 3.85. The molecular formula is C13H14O. The summed E-state index contributed by atoms with van der Waals surface area (Å²) >= 11 is 0. The van der Waals surface area contributed by atoms with Gasteiger partial charge >= 0.3 is 0 Å². The van der Waals surface area contributed by atoms with Crippen LogP contribution in [0.25, 0.3) is 10.8 Å². The standard InChI is InChI=1S/C13H14O/c1-9-6-11-4-5-13(14-3)8-12(11)7-10(9)2/h4-8H,1-3H3/i3D3,4D,8D. The molecule has 0 spiro atoms. The Bertz CT molecular complexity index is 646. The highest BCUT2D eigenvalue weighted by Gasteiger charge is 1.99. The normalized spacial score (nSPS) is 16.6. The van der Waals surface area contributed by atoms with Crippen molar-refractivity contribution >= 4 is 10.8 Å². The van der Waals surface area contributed by atoms with E-state index in [9.17, 15) is 0 Å². The Morgan fingerprint density at radius 1 is 1.21 bits per heavy atom. The highest BCUT2D eigenvalue weighted by Crippen LogP contribution is 2.23. The average Bonchev–Trinajstić information content (AvgIpc) is 2.26. The maximum atomic E-state index is 8.02. The first-order chi connectivity index (χ1) is 8.69. The van der Waals surface area contributed by atoms with Gasteiger partial charge in [-0.3, -0.25) is 0 Å². The zero-order valence-electron chi connectivity index (χ0n) is 13.1. The Labute approximate surface area is 91.3 Å². The smallest absolute Gasteiger partial charge is 0.119 e. The van der Waals surface area contributed by atoms with Crippen molar-refractivity contribution in [3.8, 4) is 5.75 Å². The lowest BCUT2D eigenvalue weighted by Gasteiger charge is -2.05. The van der Waals surface area contributed by atoms with Crippen LogP contribution in [0.5, 0.6) is 5.75 Å². The number of ether oxygens (including phenoxy) is 1. The number of fused-ring (bicyclic) bond motifs is 1. The average molecular weight is 191 g/mol. The third kappa shape index (κ3) is 1.46. The Balaban J connectivity index is 2.71. The van der Waals surface area contributed by atoms with Gasteiger partial charge in [0.1, 0.15) is 5.75 Å². The van der Waals surface area contributed by atoms with E-state index in [2.05, 4.69) is 0 Å². The molecule has 0 heterocycles. The molecule has 1 heteroatoms. The molecule has 0 N–H and O–H groups in total. The molecule has 2 aromatic carbocycles. The topological polar surface area (TPSA) is 9.23 Å². The summed E-state index contributed by atoms with van der Waals surface area (Å²) in [6.07, 6.45) is 0. The minimum absolute atomic E-state index is 0.00484. The van der Waals surface area contributed by atoms with Crippen LogP contribution in [0.4, 0.5) is 0 Å². The van der Waals surface area contributed by atoms with E-state index in [-0.39, 0.29) is 17.8 Å². The van der Waals surface area contributed by atoms with Crippen molar-refractivity contribution < 1.29 is 11.6 Å². The molecular weight excluding hydrogens is 172 g/mol. The van der Waals surface area contributed by atoms with Gasteiger partial charge in [0.15, 0.2) is 0 Å². The summed E-state index contributed by atoms with van der Waals surface area (Å²) in [5, 5.41) is 1.17. The fraction of sp³-hybridized carbons (Fsp3) is 0.231. The van der Waals surface area contributed by atoms with Crippen LogP contribution in [0.15, 0.2) is 30.3 Å². The Hall–Kier alpha value is -1.50. The molecule has 72 valence electrons. The highest BCUT2D eigenvalue weighted by atomic mass is 16.5. The Morgan fingerprint density at radius 3 is 2.64 bits per heavy atom. The summed E-state index contributed by atoms with van der Waals surface area (Å²) in [4.78, 5) is 0. The summed E-state index contributed by atoms with van der Waals surface area (Å²) < 4.78 is 42.0. The number of benzene rings is 2. The van der Waals surface area contributed by atoms with Crippen LogP contribution in [-0.2, 0) is 0 Å². The van der Waals surface area contributed by atoms with Crippen LogP contribution in [-0.4, -0.2) is 7.04 Å². The van der Waals surface area contributed by atoms with Gasteiger partial charge in [0.25, 0.3) is 0 Å². The van der Waals surface area contributed by atoms with Crippen molar-refractivity contribution in [2.45, 2.75) is 13.8 Å². The summed E-state index contributed by atoms with van der Waals surface area (Å²) in [6, 6.07) is 5.08. The lowest BCUT2D eigenvalue weighted by molar-refractivity contribution is 0.415. The fourth-order valence-corrected chi connectivity index (χ4v) is 1.41. The number of hydrogen-bond acceptors (Lipinski definition) is 1. The maximum Gasteiger partial charge on any atom is 0.119 e. The van der Waals surface area contributed by atoms with E-state index in [1.807, 2.05) is 19.9 Å². The van der Waals surface area contributed by atoms with Gasteiger partial charge in [0.05, 0.1) is 13.9 Å². The quantitative estimate of drug-likeness (QED) is 0.670. The van der Waals surface area contributed by atoms with E-state index < -0.39 is 7.04 Å². The van der Waals surface area contributed by atoms with Crippen LogP contribution in [0.2, 0.25) is 0 Å². The number of hydrogen-bond donors (Lipinski definition) is 0. The van der Waals surface area contributed by atoms with E-state index in [0.29, 0.717) is 10.8 Å². The van der Waals surface area contributed by atoms with Gasteiger partial charge in [-0.1, -0.05) is 18.2 Å². The van der Waals surface area contributed by atoms with Gasteiger partial charge < -0.3 is 4.74 Å². The van der Waals surface area contributed by atoms with E-state index in [0.717, 1.165) is 11.1 Å². The van der Waals surface area contributed by atoms with E-state index >= 15 is 0 Å². The van der Waals surface area contributed by atoms with Crippen molar-refractivity contribution in [2.24, 2.45) is 0 Å². The minimum Gasteiger partial charge on any atom is -0.497 e. The predicted octanol–water partition coefficient (Wildman–Crippen LogP) is 3.47. The van der Waals surface area contributed by atoms with Gasteiger partial charge in [-0.15, -0.1) is 0 Å². The number of rotatable bonds is 1. The second-order valence-electron chi connectivity index (χ2n) is 3.36.